The van der Waals surface area contributed by atoms with Crippen LogP contribution in [0.4, 0.5) is 0 Å². The Labute approximate surface area is 82.6 Å². The Morgan fingerprint density at radius 1 is 1.08 bits per heavy atom. The third-order valence-corrected chi connectivity index (χ3v) is 1.64. The maximum atomic E-state index is 11.2. The summed E-state index contributed by atoms with van der Waals surface area (Å²) in [6.45, 7) is 14.0. The summed E-state index contributed by atoms with van der Waals surface area (Å²) in [6.07, 6.45) is 2.76. The van der Waals surface area contributed by atoms with E-state index in [1.54, 1.807) is 0 Å². The van der Waals surface area contributed by atoms with Crippen molar-refractivity contribution in [3.63, 3.8) is 0 Å². The van der Waals surface area contributed by atoms with Crippen molar-refractivity contribution in [2.75, 3.05) is 13.1 Å². The van der Waals surface area contributed by atoms with E-state index in [0.717, 1.165) is 25.9 Å². The topological polar surface area (TPSA) is 20.3 Å². The zero-order valence-electron chi connectivity index (χ0n) is 9.31. The highest BCUT2D eigenvalue weighted by Gasteiger charge is 2.07. The highest BCUT2D eigenvalue weighted by Crippen LogP contribution is 1.97. The van der Waals surface area contributed by atoms with Crippen LogP contribution < -0.4 is 0 Å². The lowest BCUT2D eigenvalue weighted by Crippen LogP contribution is -2.31. The summed E-state index contributed by atoms with van der Waals surface area (Å²) in [5.74, 6) is 0.286. The summed E-state index contributed by atoms with van der Waals surface area (Å²) in [5.41, 5.74) is 0. The number of carbonyl (C=O) groups is 1. The SMILES string of the molecule is C=C.CCCN(CCC)C(=O)CC. The third-order valence-electron chi connectivity index (χ3n) is 1.64. The van der Waals surface area contributed by atoms with Crippen LogP contribution >= 0.6 is 0 Å². The quantitative estimate of drug-likeness (QED) is 0.603. The number of hydrogen-bond donors (Lipinski definition) is 0. The molecule has 0 atom stereocenters. The van der Waals surface area contributed by atoms with Gasteiger partial charge in [-0.3, -0.25) is 4.79 Å². The van der Waals surface area contributed by atoms with E-state index >= 15 is 0 Å². The molecule has 78 valence electrons. The van der Waals surface area contributed by atoms with Gasteiger partial charge in [-0.25, -0.2) is 0 Å². The van der Waals surface area contributed by atoms with Gasteiger partial charge in [0, 0.05) is 19.5 Å². The van der Waals surface area contributed by atoms with Crippen molar-refractivity contribution in [2.24, 2.45) is 0 Å². The van der Waals surface area contributed by atoms with E-state index in [2.05, 4.69) is 27.0 Å². The van der Waals surface area contributed by atoms with E-state index in [1.807, 2.05) is 11.8 Å². The molecule has 0 rings (SSSR count). The Balaban J connectivity index is 0. The zero-order chi connectivity index (χ0) is 10.7. The number of rotatable bonds is 5. The minimum Gasteiger partial charge on any atom is -0.343 e. The zero-order valence-corrected chi connectivity index (χ0v) is 9.31. The van der Waals surface area contributed by atoms with Gasteiger partial charge in [0.15, 0.2) is 0 Å². The van der Waals surface area contributed by atoms with Gasteiger partial charge in [0.1, 0.15) is 0 Å². The predicted octanol–water partition coefficient (Wildman–Crippen LogP) is 2.85. The van der Waals surface area contributed by atoms with Gasteiger partial charge in [0.25, 0.3) is 0 Å². The lowest BCUT2D eigenvalue weighted by Gasteiger charge is -2.20. The summed E-state index contributed by atoms with van der Waals surface area (Å²) in [7, 11) is 0. The van der Waals surface area contributed by atoms with Crippen LogP contribution in [0.5, 0.6) is 0 Å². The number of carbonyl (C=O) groups excluding carboxylic acids is 1. The first-order valence-corrected chi connectivity index (χ1v) is 5.04. The fourth-order valence-electron chi connectivity index (χ4n) is 1.12. The standard InChI is InChI=1S/C9H19NO.C2H4/c1-4-7-10(8-5-2)9(11)6-3;1-2/h4-8H2,1-3H3;1-2H2. The van der Waals surface area contributed by atoms with Crippen molar-refractivity contribution < 1.29 is 4.79 Å². The fourth-order valence-corrected chi connectivity index (χ4v) is 1.12. The van der Waals surface area contributed by atoms with Crippen molar-refractivity contribution in [1.82, 2.24) is 4.90 Å². The highest BCUT2D eigenvalue weighted by molar-refractivity contribution is 5.75. The van der Waals surface area contributed by atoms with E-state index in [1.165, 1.54) is 0 Å². The molecule has 0 saturated carbocycles. The second-order valence-corrected chi connectivity index (χ2v) is 2.73. The molecule has 0 aliphatic carbocycles. The molecular formula is C11H23NO. The lowest BCUT2D eigenvalue weighted by atomic mass is 10.3. The van der Waals surface area contributed by atoms with E-state index in [9.17, 15) is 4.79 Å². The molecule has 2 nitrogen and oxygen atoms in total. The Kier molecular flexibility index (Phi) is 12.7. The Bertz CT molecular complexity index is 117. The molecule has 0 aromatic carbocycles. The van der Waals surface area contributed by atoms with E-state index in [0.29, 0.717) is 6.42 Å². The average molecular weight is 185 g/mol. The maximum absolute atomic E-state index is 11.2. The van der Waals surface area contributed by atoms with Gasteiger partial charge in [-0.05, 0) is 12.8 Å². The third kappa shape index (κ3) is 7.57. The summed E-state index contributed by atoms with van der Waals surface area (Å²) in [4.78, 5) is 13.2. The summed E-state index contributed by atoms with van der Waals surface area (Å²) < 4.78 is 0. The molecule has 2 heteroatoms. The molecule has 0 bridgehead atoms. The molecule has 0 aliphatic rings. The van der Waals surface area contributed by atoms with Crippen molar-refractivity contribution in [3.8, 4) is 0 Å². The highest BCUT2D eigenvalue weighted by atomic mass is 16.2. The molecule has 13 heavy (non-hydrogen) atoms. The molecule has 0 saturated heterocycles. The summed E-state index contributed by atoms with van der Waals surface area (Å²) >= 11 is 0. The van der Waals surface area contributed by atoms with Crippen LogP contribution in [0.25, 0.3) is 0 Å². The van der Waals surface area contributed by atoms with E-state index in [-0.39, 0.29) is 5.91 Å². The molecule has 0 spiro atoms. The first-order chi connectivity index (χ1) is 6.26. The molecule has 0 aromatic heterocycles. The first-order valence-electron chi connectivity index (χ1n) is 5.04. The summed E-state index contributed by atoms with van der Waals surface area (Å²) in [6, 6.07) is 0. The van der Waals surface area contributed by atoms with Gasteiger partial charge in [-0.1, -0.05) is 20.8 Å². The monoisotopic (exact) mass is 185 g/mol. The van der Waals surface area contributed by atoms with Gasteiger partial charge in [-0.15, -0.1) is 13.2 Å². The predicted molar refractivity (Wildman–Crippen MR) is 58.7 cm³/mol. The van der Waals surface area contributed by atoms with Gasteiger partial charge in [0.2, 0.25) is 5.91 Å². The van der Waals surface area contributed by atoms with Crippen molar-refractivity contribution >= 4 is 5.91 Å². The van der Waals surface area contributed by atoms with Crippen LogP contribution in [-0.4, -0.2) is 23.9 Å². The maximum Gasteiger partial charge on any atom is 0.222 e. The molecule has 1 amide bonds. The number of nitrogens with zero attached hydrogens (tertiary/aromatic N) is 1. The fraction of sp³-hybridized carbons (Fsp3) is 0.727. The smallest absolute Gasteiger partial charge is 0.222 e. The van der Waals surface area contributed by atoms with E-state index in [4.69, 9.17) is 0 Å². The van der Waals surface area contributed by atoms with Crippen molar-refractivity contribution in [1.29, 1.82) is 0 Å². The van der Waals surface area contributed by atoms with Gasteiger partial charge in [0.05, 0.1) is 0 Å². The van der Waals surface area contributed by atoms with Crippen LogP contribution in [0.15, 0.2) is 13.2 Å². The molecule has 0 heterocycles. The minimum atomic E-state index is 0.286. The Morgan fingerprint density at radius 3 is 1.69 bits per heavy atom. The van der Waals surface area contributed by atoms with E-state index < -0.39 is 0 Å². The second-order valence-electron chi connectivity index (χ2n) is 2.73. The summed E-state index contributed by atoms with van der Waals surface area (Å²) in [5, 5.41) is 0. The molecule has 0 radical (unpaired) electrons. The molecule has 0 aromatic rings. The van der Waals surface area contributed by atoms with Crippen LogP contribution in [-0.2, 0) is 4.79 Å². The number of amides is 1. The molecule has 0 unspecified atom stereocenters. The van der Waals surface area contributed by atoms with Crippen LogP contribution in [0.2, 0.25) is 0 Å². The second kappa shape index (κ2) is 11.2. The largest absolute Gasteiger partial charge is 0.343 e. The molecular weight excluding hydrogens is 162 g/mol. The lowest BCUT2D eigenvalue weighted by molar-refractivity contribution is -0.130. The van der Waals surface area contributed by atoms with Crippen molar-refractivity contribution in [2.45, 2.75) is 40.0 Å². The molecule has 0 aliphatic heterocycles. The molecule has 0 N–H and O–H groups in total. The van der Waals surface area contributed by atoms with Crippen LogP contribution in [0.3, 0.4) is 0 Å². The number of hydrogen-bond acceptors (Lipinski definition) is 1. The van der Waals surface area contributed by atoms with Crippen LogP contribution in [0.1, 0.15) is 40.0 Å². The first kappa shape index (κ1) is 14.7. The van der Waals surface area contributed by atoms with Gasteiger partial charge in [-0.2, -0.15) is 0 Å². The minimum absolute atomic E-state index is 0.286. The molecule has 0 fully saturated rings. The average Bonchev–Trinajstić information content (AvgIpc) is 2.19. The van der Waals surface area contributed by atoms with Crippen molar-refractivity contribution in [3.05, 3.63) is 13.2 Å². The van der Waals surface area contributed by atoms with Crippen LogP contribution in [0, 0.1) is 0 Å². The Morgan fingerprint density at radius 2 is 1.46 bits per heavy atom. The van der Waals surface area contributed by atoms with Gasteiger partial charge < -0.3 is 4.90 Å². The van der Waals surface area contributed by atoms with Gasteiger partial charge >= 0.3 is 0 Å². The normalized spacial score (nSPS) is 8.54. The Hall–Kier alpha value is -0.790.